The van der Waals surface area contributed by atoms with Crippen molar-refractivity contribution in [3.8, 4) is 0 Å². The third-order valence-corrected chi connectivity index (χ3v) is 4.99. The quantitative estimate of drug-likeness (QED) is 0.468. The Morgan fingerprint density at radius 2 is 1.36 bits per heavy atom. The Kier molecular flexibility index (Phi) is 5.29. The van der Waals surface area contributed by atoms with Crippen LogP contribution in [-0.2, 0) is 14.8 Å². The van der Waals surface area contributed by atoms with Crippen molar-refractivity contribution in [1.82, 2.24) is 4.31 Å². The van der Waals surface area contributed by atoms with E-state index in [9.17, 15) is 35.2 Å². The van der Waals surface area contributed by atoms with Crippen LogP contribution in [0.2, 0.25) is 0 Å². The molecule has 0 amide bonds. The minimum absolute atomic E-state index is 0.0412. The summed E-state index contributed by atoms with van der Waals surface area (Å²) in [5.74, 6) is -12.8. The summed E-state index contributed by atoms with van der Waals surface area (Å²) in [6, 6.07) is -1.29. The lowest BCUT2D eigenvalue weighted by Gasteiger charge is -2.24. The van der Waals surface area contributed by atoms with Crippen LogP contribution >= 0.6 is 0 Å². The normalized spacial score (nSPS) is 13.5. The number of halogens is 5. The largest absolute Gasteiger partial charge is 0.298 e. The first-order chi connectivity index (χ1) is 9.98. The molecule has 0 saturated heterocycles. The molecule has 0 saturated carbocycles. The van der Waals surface area contributed by atoms with Gasteiger partial charge in [0.05, 0.1) is 6.04 Å². The van der Waals surface area contributed by atoms with E-state index in [2.05, 4.69) is 0 Å². The smallest absolute Gasteiger partial charge is 0.249 e. The van der Waals surface area contributed by atoms with E-state index in [1.54, 1.807) is 0 Å². The van der Waals surface area contributed by atoms with Crippen LogP contribution in [0, 0.1) is 29.1 Å². The number of nitrogens with zero attached hydrogens (tertiary/aromatic N) is 1. The number of hydrogen-bond donors (Lipinski definition) is 0. The van der Waals surface area contributed by atoms with Crippen LogP contribution in [-0.4, -0.2) is 31.6 Å². The molecule has 0 aliphatic rings. The summed E-state index contributed by atoms with van der Waals surface area (Å²) in [5, 5.41) is 0. The number of carbonyl (C=O) groups is 1. The Balaban J connectivity index is 3.64. The highest BCUT2D eigenvalue weighted by Crippen LogP contribution is 2.29. The van der Waals surface area contributed by atoms with Crippen molar-refractivity contribution >= 4 is 15.8 Å². The van der Waals surface area contributed by atoms with Crippen molar-refractivity contribution in [1.29, 1.82) is 0 Å². The average Bonchev–Trinajstić information content (AvgIpc) is 2.43. The van der Waals surface area contributed by atoms with Crippen molar-refractivity contribution in [2.75, 3.05) is 7.05 Å². The molecule has 0 fully saturated rings. The van der Waals surface area contributed by atoms with E-state index in [0.29, 0.717) is 0 Å². The van der Waals surface area contributed by atoms with Gasteiger partial charge in [0.25, 0.3) is 0 Å². The predicted octanol–water partition coefficient (Wildman–Crippen LogP) is 2.37. The monoisotopic (exact) mass is 345 g/mol. The molecule has 1 atom stereocenters. The molecule has 0 heterocycles. The van der Waals surface area contributed by atoms with Gasteiger partial charge in [-0.15, -0.1) is 0 Å². The standard InChI is InChI=1S/C12H12F5NO3S/c1-4-6(5(2)19)18(3)22(20,21)12-10(16)8(14)7(13)9(15)11(12)17/h6H,4H2,1-3H3/t6-/m0/s1. The Bertz CT molecular complexity index is 691. The highest BCUT2D eigenvalue weighted by atomic mass is 32.2. The lowest BCUT2D eigenvalue weighted by atomic mass is 10.1. The zero-order valence-corrected chi connectivity index (χ0v) is 12.6. The second-order valence-corrected chi connectivity index (χ2v) is 6.39. The van der Waals surface area contributed by atoms with Crippen LogP contribution in [0.5, 0.6) is 0 Å². The second-order valence-electron chi connectivity index (χ2n) is 4.45. The molecule has 0 aromatic heterocycles. The Morgan fingerprint density at radius 1 is 1.00 bits per heavy atom. The average molecular weight is 345 g/mol. The van der Waals surface area contributed by atoms with Gasteiger partial charge in [0.2, 0.25) is 15.8 Å². The fraction of sp³-hybridized carbons (Fsp3) is 0.417. The van der Waals surface area contributed by atoms with Gasteiger partial charge in [-0.25, -0.2) is 30.4 Å². The molecular formula is C12H12F5NO3S. The zero-order valence-electron chi connectivity index (χ0n) is 11.8. The first-order valence-corrected chi connectivity index (χ1v) is 7.42. The maximum Gasteiger partial charge on any atom is 0.249 e. The molecule has 1 aromatic carbocycles. The van der Waals surface area contributed by atoms with Crippen molar-refractivity contribution in [3.63, 3.8) is 0 Å². The number of ketones is 1. The first-order valence-electron chi connectivity index (χ1n) is 5.98. The zero-order chi connectivity index (χ0) is 17.4. The lowest BCUT2D eigenvalue weighted by Crippen LogP contribution is -2.41. The topological polar surface area (TPSA) is 54.5 Å². The summed E-state index contributed by atoms with van der Waals surface area (Å²) in [6.45, 7) is 2.47. The first kappa shape index (κ1) is 18.5. The van der Waals surface area contributed by atoms with E-state index in [1.807, 2.05) is 0 Å². The molecule has 0 aliphatic carbocycles. The summed E-state index contributed by atoms with van der Waals surface area (Å²) >= 11 is 0. The number of sulfonamides is 1. The molecule has 10 heteroatoms. The maximum atomic E-state index is 13.6. The molecule has 22 heavy (non-hydrogen) atoms. The molecule has 0 N–H and O–H groups in total. The number of carbonyl (C=O) groups excluding carboxylic acids is 1. The van der Waals surface area contributed by atoms with Gasteiger partial charge >= 0.3 is 0 Å². The summed E-state index contributed by atoms with van der Waals surface area (Å²) in [5.41, 5.74) is 0. The van der Waals surface area contributed by atoms with Crippen LogP contribution in [0.4, 0.5) is 22.0 Å². The third-order valence-electron chi connectivity index (χ3n) is 3.10. The molecule has 1 rings (SSSR count). The van der Waals surface area contributed by atoms with E-state index >= 15 is 0 Å². The summed E-state index contributed by atoms with van der Waals surface area (Å²) < 4.78 is 91.0. The summed E-state index contributed by atoms with van der Waals surface area (Å²) in [7, 11) is -4.28. The van der Waals surface area contributed by atoms with E-state index in [0.717, 1.165) is 14.0 Å². The Morgan fingerprint density at radius 3 is 1.68 bits per heavy atom. The SMILES string of the molecule is CC[C@@H](C(C)=O)N(C)S(=O)(=O)c1c(F)c(F)c(F)c(F)c1F. The number of rotatable bonds is 5. The fourth-order valence-corrected chi connectivity index (χ4v) is 3.48. The lowest BCUT2D eigenvalue weighted by molar-refractivity contribution is -0.120. The van der Waals surface area contributed by atoms with Crippen LogP contribution in [0.1, 0.15) is 20.3 Å². The van der Waals surface area contributed by atoms with Crippen LogP contribution < -0.4 is 0 Å². The van der Waals surface area contributed by atoms with Gasteiger partial charge in [0, 0.05) is 7.05 Å². The third kappa shape index (κ3) is 2.84. The van der Waals surface area contributed by atoms with E-state index in [4.69, 9.17) is 0 Å². The molecule has 0 aliphatic heterocycles. The van der Waals surface area contributed by atoms with Gasteiger partial charge in [-0.05, 0) is 13.3 Å². The minimum Gasteiger partial charge on any atom is -0.298 e. The molecule has 124 valence electrons. The summed E-state index contributed by atoms with van der Waals surface area (Å²) in [4.78, 5) is 9.37. The van der Waals surface area contributed by atoms with Crippen LogP contribution in [0.3, 0.4) is 0 Å². The van der Waals surface area contributed by atoms with Gasteiger partial charge < -0.3 is 0 Å². The number of Topliss-reactive ketones (excluding diaryl/α,β-unsaturated/α-hetero) is 1. The highest BCUT2D eigenvalue weighted by Gasteiger charge is 2.38. The van der Waals surface area contributed by atoms with Crippen molar-refractivity contribution in [3.05, 3.63) is 29.1 Å². The van der Waals surface area contributed by atoms with E-state index in [1.165, 1.54) is 6.92 Å². The molecule has 4 nitrogen and oxygen atoms in total. The Labute approximate surface area is 123 Å². The van der Waals surface area contributed by atoms with Gasteiger partial charge in [-0.1, -0.05) is 6.92 Å². The van der Waals surface area contributed by atoms with E-state index < -0.39 is 55.8 Å². The van der Waals surface area contributed by atoms with Gasteiger partial charge in [-0.2, -0.15) is 4.31 Å². The minimum atomic E-state index is -5.10. The number of benzene rings is 1. The highest BCUT2D eigenvalue weighted by molar-refractivity contribution is 7.89. The van der Waals surface area contributed by atoms with Gasteiger partial charge in [-0.3, -0.25) is 4.79 Å². The van der Waals surface area contributed by atoms with E-state index in [-0.39, 0.29) is 10.7 Å². The summed E-state index contributed by atoms with van der Waals surface area (Å²) in [6.07, 6.45) is -0.0412. The molecule has 0 spiro atoms. The fourth-order valence-electron chi connectivity index (χ4n) is 1.92. The van der Waals surface area contributed by atoms with Gasteiger partial charge in [0.15, 0.2) is 28.2 Å². The Hall–Kier alpha value is -1.55. The number of likely N-dealkylation sites (N-methyl/N-ethyl adjacent to an activating group) is 1. The van der Waals surface area contributed by atoms with Crippen LogP contribution in [0.15, 0.2) is 4.90 Å². The maximum absolute atomic E-state index is 13.6. The molecule has 1 aromatic rings. The number of hydrogen-bond acceptors (Lipinski definition) is 3. The molecule has 0 bridgehead atoms. The van der Waals surface area contributed by atoms with Crippen LogP contribution in [0.25, 0.3) is 0 Å². The van der Waals surface area contributed by atoms with Crippen molar-refractivity contribution < 1.29 is 35.2 Å². The molecular weight excluding hydrogens is 333 g/mol. The van der Waals surface area contributed by atoms with Crippen molar-refractivity contribution in [2.45, 2.75) is 31.2 Å². The predicted molar refractivity (Wildman–Crippen MR) is 65.9 cm³/mol. The molecule has 0 radical (unpaired) electrons. The molecule has 0 unspecified atom stereocenters. The van der Waals surface area contributed by atoms with Crippen molar-refractivity contribution in [2.24, 2.45) is 0 Å². The van der Waals surface area contributed by atoms with Gasteiger partial charge in [0.1, 0.15) is 5.78 Å². The second kappa shape index (κ2) is 6.29.